The van der Waals surface area contributed by atoms with Crippen LogP contribution in [0.1, 0.15) is 12.0 Å². The van der Waals surface area contributed by atoms with Crippen molar-refractivity contribution in [1.82, 2.24) is 5.32 Å². The first kappa shape index (κ1) is 11.6. The van der Waals surface area contributed by atoms with Crippen LogP contribution in [0.5, 0.6) is 0 Å². The summed E-state index contributed by atoms with van der Waals surface area (Å²) in [6, 6.07) is 4.55. The molecule has 0 spiro atoms. The maximum atomic E-state index is 12.7. The Balaban J connectivity index is 2.42. The van der Waals surface area contributed by atoms with Gasteiger partial charge in [0, 0.05) is 11.0 Å². The van der Waals surface area contributed by atoms with Crippen LogP contribution >= 0.6 is 15.9 Å². The number of nitrogens with one attached hydrogen (secondary N) is 1. The van der Waals surface area contributed by atoms with E-state index in [0.29, 0.717) is 19.5 Å². The van der Waals surface area contributed by atoms with Crippen molar-refractivity contribution in [1.29, 1.82) is 0 Å². The molecule has 0 unspecified atom stereocenters. The molecule has 0 aliphatic carbocycles. The van der Waals surface area contributed by atoms with Crippen LogP contribution in [-0.2, 0) is 6.54 Å². The van der Waals surface area contributed by atoms with Gasteiger partial charge in [-0.05, 0) is 30.7 Å². The number of rotatable bonds is 5. The van der Waals surface area contributed by atoms with E-state index < -0.39 is 0 Å². The van der Waals surface area contributed by atoms with Gasteiger partial charge in [-0.2, -0.15) is 0 Å². The van der Waals surface area contributed by atoms with Gasteiger partial charge in [0.15, 0.2) is 0 Å². The van der Waals surface area contributed by atoms with Gasteiger partial charge in [-0.25, -0.2) is 4.39 Å². The summed E-state index contributed by atoms with van der Waals surface area (Å²) < 4.78 is 25.2. The van der Waals surface area contributed by atoms with Crippen LogP contribution in [0, 0.1) is 5.82 Å². The predicted octanol–water partition coefficient (Wildman–Crippen LogP) is 3.04. The molecule has 0 aromatic heterocycles. The van der Waals surface area contributed by atoms with Crippen LogP contribution in [0.3, 0.4) is 0 Å². The highest BCUT2D eigenvalue weighted by Crippen LogP contribution is 2.17. The average Bonchev–Trinajstić information content (AvgIpc) is 2.15. The summed E-state index contributed by atoms with van der Waals surface area (Å²) >= 11 is 3.26. The van der Waals surface area contributed by atoms with Gasteiger partial charge in [-0.3, -0.25) is 4.39 Å². The van der Waals surface area contributed by atoms with Gasteiger partial charge >= 0.3 is 0 Å². The zero-order chi connectivity index (χ0) is 10.4. The van der Waals surface area contributed by atoms with Crippen molar-refractivity contribution in [3.63, 3.8) is 0 Å². The first-order valence-corrected chi connectivity index (χ1v) is 5.24. The summed E-state index contributed by atoms with van der Waals surface area (Å²) in [5.74, 6) is -0.260. The topological polar surface area (TPSA) is 12.0 Å². The lowest BCUT2D eigenvalue weighted by atomic mass is 10.2. The molecule has 4 heteroatoms. The number of halogens is 3. The lowest BCUT2D eigenvalue weighted by molar-refractivity contribution is 0.459. The maximum Gasteiger partial charge on any atom is 0.124 e. The molecule has 1 N–H and O–H groups in total. The standard InChI is InChI=1S/C10H12BrF2N/c11-10-6-9(13)3-2-8(10)7-14-5-1-4-12/h2-3,6,14H,1,4-5,7H2. The summed E-state index contributed by atoms with van der Waals surface area (Å²) in [6.07, 6.45) is 0.513. The molecule has 78 valence electrons. The molecule has 0 aliphatic heterocycles. The van der Waals surface area contributed by atoms with E-state index in [1.807, 2.05) is 0 Å². The van der Waals surface area contributed by atoms with Crippen molar-refractivity contribution in [2.24, 2.45) is 0 Å². The molecular weight excluding hydrogens is 252 g/mol. The van der Waals surface area contributed by atoms with E-state index in [1.165, 1.54) is 12.1 Å². The monoisotopic (exact) mass is 263 g/mol. The summed E-state index contributed by atoms with van der Waals surface area (Å²) in [4.78, 5) is 0. The average molecular weight is 264 g/mol. The van der Waals surface area contributed by atoms with Crippen LogP contribution in [0.4, 0.5) is 8.78 Å². The minimum atomic E-state index is -0.308. The van der Waals surface area contributed by atoms with Crippen LogP contribution in [0.2, 0.25) is 0 Å². The van der Waals surface area contributed by atoms with Crippen LogP contribution < -0.4 is 5.32 Å². The molecule has 1 aromatic carbocycles. The van der Waals surface area contributed by atoms with E-state index in [4.69, 9.17) is 0 Å². The Labute approximate surface area is 90.6 Å². The van der Waals surface area contributed by atoms with Crippen molar-refractivity contribution in [3.8, 4) is 0 Å². The normalized spacial score (nSPS) is 10.5. The number of hydrogen-bond donors (Lipinski definition) is 1. The van der Waals surface area contributed by atoms with Crippen LogP contribution in [0.25, 0.3) is 0 Å². The summed E-state index contributed by atoms with van der Waals surface area (Å²) in [7, 11) is 0. The van der Waals surface area contributed by atoms with Crippen molar-refractivity contribution >= 4 is 15.9 Å². The molecule has 0 bridgehead atoms. The molecule has 14 heavy (non-hydrogen) atoms. The molecule has 1 nitrogen and oxygen atoms in total. The van der Waals surface area contributed by atoms with E-state index >= 15 is 0 Å². The molecule has 0 saturated carbocycles. The summed E-state index contributed by atoms with van der Waals surface area (Å²) in [5, 5.41) is 3.07. The first-order valence-electron chi connectivity index (χ1n) is 4.44. The Bertz CT molecular complexity index is 291. The third-order valence-electron chi connectivity index (χ3n) is 1.82. The predicted molar refractivity (Wildman–Crippen MR) is 56.4 cm³/mol. The van der Waals surface area contributed by atoms with Crippen molar-refractivity contribution in [2.75, 3.05) is 13.2 Å². The van der Waals surface area contributed by atoms with Crippen LogP contribution in [-0.4, -0.2) is 13.2 Å². The molecular formula is C10H12BrF2N. The first-order chi connectivity index (χ1) is 6.74. The second-order valence-corrected chi connectivity index (χ2v) is 3.81. The molecule has 0 fully saturated rings. The Morgan fingerprint density at radius 2 is 2.14 bits per heavy atom. The van der Waals surface area contributed by atoms with Crippen molar-refractivity contribution in [2.45, 2.75) is 13.0 Å². The minimum Gasteiger partial charge on any atom is -0.313 e. The Morgan fingerprint density at radius 1 is 1.36 bits per heavy atom. The fourth-order valence-corrected chi connectivity index (χ4v) is 1.57. The second-order valence-electron chi connectivity index (χ2n) is 2.96. The molecule has 0 radical (unpaired) electrons. The molecule has 0 heterocycles. The minimum absolute atomic E-state index is 0.260. The maximum absolute atomic E-state index is 12.7. The van der Waals surface area contributed by atoms with Gasteiger partial charge in [0.1, 0.15) is 5.82 Å². The second kappa shape index (κ2) is 6.09. The molecule has 1 aromatic rings. The van der Waals surface area contributed by atoms with E-state index in [1.54, 1.807) is 6.07 Å². The highest BCUT2D eigenvalue weighted by Gasteiger charge is 2.00. The van der Waals surface area contributed by atoms with Crippen molar-refractivity contribution in [3.05, 3.63) is 34.1 Å². The lowest BCUT2D eigenvalue weighted by Crippen LogP contribution is -2.15. The fourth-order valence-electron chi connectivity index (χ4n) is 1.08. The lowest BCUT2D eigenvalue weighted by Gasteiger charge is -2.05. The van der Waals surface area contributed by atoms with Gasteiger partial charge in [-0.15, -0.1) is 0 Å². The van der Waals surface area contributed by atoms with Gasteiger partial charge in [0.2, 0.25) is 0 Å². The van der Waals surface area contributed by atoms with Crippen LogP contribution in [0.15, 0.2) is 22.7 Å². The fraction of sp³-hybridized carbons (Fsp3) is 0.400. The summed E-state index contributed by atoms with van der Waals surface area (Å²) in [5.41, 5.74) is 0.977. The summed E-state index contributed by atoms with van der Waals surface area (Å²) in [6.45, 7) is 0.957. The SMILES string of the molecule is FCCCNCc1ccc(F)cc1Br. The van der Waals surface area contributed by atoms with E-state index in [9.17, 15) is 8.78 Å². The Hall–Kier alpha value is -0.480. The molecule has 0 amide bonds. The number of hydrogen-bond acceptors (Lipinski definition) is 1. The number of alkyl halides is 1. The third-order valence-corrected chi connectivity index (χ3v) is 2.56. The van der Waals surface area contributed by atoms with E-state index in [2.05, 4.69) is 21.2 Å². The van der Waals surface area contributed by atoms with Gasteiger partial charge in [0.25, 0.3) is 0 Å². The van der Waals surface area contributed by atoms with Gasteiger partial charge in [-0.1, -0.05) is 22.0 Å². The highest BCUT2D eigenvalue weighted by molar-refractivity contribution is 9.10. The van der Waals surface area contributed by atoms with Gasteiger partial charge in [0.05, 0.1) is 6.67 Å². The molecule has 1 rings (SSSR count). The Morgan fingerprint density at radius 3 is 2.79 bits per heavy atom. The molecule has 0 aliphatic rings. The van der Waals surface area contributed by atoms with Gasteiger partial charge < -0.3 is 5.32 Å². The Kier molecular flexibility index (Phi) is 5.04. The zero-order valence-corrected chi connectivity index (χ0v) is 9.28. The van der Waals surface area contributed by atoms with Crippen molar-refractivity contribution < 1.29 is 8.78 Å². The highest BCUT2D eigenvalue weighted by atomic mass is 79.9. The molecule has 0 atom stereocenters. The van der Waals surface area contributed by atoms with E-state index in [-0.39, 0.29) is 12.5 Å². The number of benzene rings is 1. The van der Waals surface area contributed by atoms with E-state index in [0.717, 1.165) is 10.0 Å². The third kappa shape index (κ3) is 3.72. The molecule has 0 saturated heterocycles. The quantitative estimate of drug-likeness (QED) is 0.806. The zero-order valence-electron chi connectivity index (χ0n) is 7.69. The largest absolute Gasteiger partial charge is 0.313 e. The smallest absolute Gasteiger partial charge is 0.124 e.